The average molecular weight is 520 g/mol. The highest BCUT2D eigenvalue weighted by molar-refractivity contribution is 6.37. The van der Waals surface area contributed by atoms with Crippen molar-refractivity contribution in [2.75, 3.05) is 11.6 Å². The number of nitro groups is 1. The van der Waals surface area contributed by atoms with Gasteiger partial charge in [0.25, 0.3) is 11.6 Å². The summed E-state index contributed by atoms with van der Waals surface area (Å²) in [4.78, 5) is 24.2. The van der Waals surface area contributed by atoms with E-state index in [0.29, 0.717) is 41.7 Å². The molecular weight excluding hydrogens is 494 g/mol. The Balaban J connectivity index is 1.49. The molecule has 0 saturated carbocycles. The van der Waals surface area contributed by atoms with E-state index in [4.69, 9.17) is 9.47 Å². The summed E-state index contributed by atoms with van der Waals surface area (Å²) in [6.45, 7) is 2.75. The topological polar surface area (TPSA) is 94.3 Å². The summed E-state index contributed by atoms with van der Waals surface area (Å²) < 4.78 is 11.9. The van der Waals surface area contributed by atoms with Gasteiger partial charge in [-0.2, -0.15) is 10.1 Å². The van der Waals surface area contributed by atoms with E-state index in [-0.39, 0.29) is 11.6 Å². The lowest BCUT2D eigenvalue weighted by Crippen LogP contribution is -2.21. The summed E-state index contributed by atoms with van der Waals surface area (Å²) >= 11 is 0. The highest BCUT2D eigenvalue weighted by atomic mass is 16.6. The first-order chi connectivity index (χ1) is 19.0. The van der Waals surface area contributed by atoms with Crippen molar-refractivity contribution in [2.24, 2.45) is 5.10 Å². The molecule has 4 aromatic carbocycles. The van der Waals surface area contributed by atoms with Crippen LogP contribution in [0.15, 0.2) is 114 Å². The van der Waals surface area contributed by atoms with Crippen LogP contribution in [0.3, 0.4) is 0 Å². The van der Waals surface area contributed by atoms with Crippen molar-refractivity contribution in [1.29, 1.82) is 0 Å². The number of carbonyl (C=O) groups is 1. The Morgan fingerprint density at radius 2 is 1.56 bits per heavy atom. The van der Waals surface area contributed by atoms with E-state index >= 15 is 0 Å². The summed E-state index contributed by atoms with van der Waals surface area (Å²) in [7, 11) is 0. The third kappa shape index (κ3) is 5.70. The Hall–Kier alpha value is -5.24. The van der Waals surface area contributed by atoms with Crippen LogP contribution in [0.25, 0.3) is 6.08 Å². The van der Waals surface area contributed by atoms with Crippen LogP contribution in [0.5, 0.6) is 11.5 Å². The molecule has 1 aliphatic heterocycles. The minimum absolute atomic E-state index is 0.0635. The molecule has 194 valence electrons. The molecular formula is C31H25N3O5. The van der Waals surface area contributed by atoms with Gasteiger partial charge in [0.05, 0.1) is 22.8 Å². The van der Waals surface area contributed by atoms with Gasteiger partial charge in [0.15, 0.2) is 11.5 Å². The number of hydrazone groups is 1. The molecule has 1 heterocycles. The zero-order valence-electron chi connectivity index (χ0n) is 21.2. The number of hydrogen-bond acceptors (Lipinski definition) is 6. The number of benzene rings is 4. The van der Waals surface area contributed by atoms with Gasteiger partial charge in [-0.05, 0) is 48.4 Å². The Morgan fingerprint density at radius 3 is 2.23 bits per heavy atom. The van der Waals surface area contributed by atoms with Crippen LogP contribution in [0.2, 0.25) is 0 Å². The lowest BCUT2D eigenvalue weighted by molar-refractivity contribution is -0.384. The summed E-state index contributed by atoms with van der Waals surface area (Å²) in [6, 6.07) is 30.5. The van der Waals surface area contributed by atoms with Crippen LogP contribution in [-0.4, -0.2) is 23.1 Å². The summed E-state index contributed by atoms with van der Waals surface area (Å²) in [5, 5.41) is 16.9. The van der Waals surface area contributed by atoms with E-state index in [0.717, 1.165) is 16.7 Å². The van der Waals surface area contributed by atoms with E-state index in [1.54, 1.807) is 6.08 Å². The van der Waals surface area contributed by atoms with Crippen LogP contribution in [0, 0.1) is 10.1 Å². The van der Waals surface area contributed by atoms with Crippen LogP contribution in [-0.2, 0) is 11.4 Å². The highest BCUT2D eigenvalue weighted by Crippen LogP contribution is 2.33. The largest absolute Gasteiger partial charge is 0.490 e. The molecule has 0 fully saturated rings. The van der Waals surface area contributed by atoms with Crippen LogP contribution < -0.4 is 14.5 Å². The first-order valence-electron chi connectivity index (χ1n) is 12.4. The third-order valence-electron chi connectivity index (χ3n) is 6.05. The van der Waals surface area contributed by atoms with Crippen molar-refractivity contribution < 1.29 is 19.2 Å². The van der Waals surface area contributed by atoms with Gasteiger partial charge in [0, 0.05) is 17.7 Å². The predicted molar refractivity (Wildman–Crippen MR) is 150 cm³/mol. The number of hydrogen-bond donors (Lipinski definition) is 0. The molecule has 1 amide bonds. The Morgan fingerprint density at radius 1 is 0.872 bits per heavy atom. The molecule has 0 unspecified atom stereocenters. The van der Waals surface area contributed by atoms with Gasteiger partial charge in [-0.15, -0.1) is 0 Å². The summed E-state index contributed by atoms with van der Waals surface area (Å²) in [5.74, 6) is 0.828. The monoisotopic (exact) mass is 519 g/mol. The molecule has 0 N–H and O–H groups in total. The van der Waals surface area contributed by atoms with Crippen molar-refractivity contribution in [2.45, 2.75) is 13.5 Å². The molecule has 1 aliphatic rings. The Bertz CT molecular complexity index is 1550. The van der Waals surface area contributed by atoms with Crippen LogP contribution >= 0.6 is 0 Å². The number of anilines is 1. The first-order valence-corrected chi connectivity index (χ1v) is 12.4. The molecule has 8 heteroatoms. The van der Waals surface area contributed by atoms with Crippen molar-refractivity contribution in [3.05, 3.63) is 136 Å². The van der Waals surface area contributed by atoms with Crippen molar-refractivity contribution in [3.63, 3.8) is 0 Å². The van der Waals surface area contributed by atoms with Gasteiger partial charge in [0.1, 0.15) is 12.3 Å². The zero-order chi connectivity index (χ0) is 27.2. The van der Waals surface area contributed by atoms with Gasteiger partial charge in [0.2, 0.25) is 0 Å². The standard InChI is InChI=1S/C31H25N3O5/c1-2-38-29-20-23(13-18-28(29)39-21-22-9-5-3-6-10-22)19-27-30(24-11-7-4-8-12-24)32-33(31(27)35)25-14-16-26(17-15-25)34(36)37/h3-20H,2,21H2,1H3/b27-19+. The van der Waals surface area contributed by atoms with Crippen LogP contribution in [0.1, 0.15) is 23.6 Å². The van der Waals surface area contributed by atoms with Crippen molar-refractivity contribution in [3.8, 4) is 11.5 Å². The van der Waals surface area contributed by atoms with Crippen molar-refractivity contribution >= 4 is 29.1 Å². The molecule has 0 saturated heterocycles. The van der Waals surface area contributed by atoms with E-state index in [9.17, 15) is 14.9 Å². The lowest BCUT2D eigenvalue weighted by atomic mass is 10.00. The van der Waals surface area contributed by atoms with Gasteiger partial charge in [-0.1, -0.05) is 66.7 Å². The fourth-order valence-electron chi connectivity index (χ4n) is 4.15. The first kappa shape index (κ1) is 25.4. The fourth-order valence-corrected chi connectivity index (χ4v) is 4.15. The number of amides is 1. The molecule has 0 aliphatic carbocycles. The van der Waals surface area contributed by atoms with Gasteiger partial charge >= 0.3 is 0 Å². The smallest absolute Gasteiger partial charge is 0.281 e. The normalized spacial score (nSPS) is 13.9. The molecule has 0 bridgehead atoms. The van der Waals surface area contributed by atoms with Gasteiger partial charge < -0.3 is 9.47 Å². The molecule has 0 radical (unpaired) electrons. The maximum atomic E-state index is 13.6. The molecule has 0 spiro atoms. The molecule has 0 aromatic heterocycles. The van der Waals surface area contributed by atoms with E-state index in [1.807, 2.05) is 85.8 Å². The highest BCUT2D eigenvalue weighted by Gasteiger charge is 2.32. The second-order valence-corrected chi connectivity index (χ2v) is 8.68. The van der Waals surface area contributed by atoms with E-state index in [2.05, 4.69) is 5.10 Å². The summed E-state index contributed by atoms with van der Waals surface area (Å²) in [5.41, 5.74) is 3.81. The molecule has 0 atom stereocenters. The van der Waals surface area contributed by atoms with Gasteiger partial charge in [-0.25, -0.2) is 0 Å². The molecule has 8 nitrogen and oxygen atoms in total. The minimum Gasteiger partial charge on any atom is -0.490 e. The average Bonchev–Trinajstić information content (AvgIpc) is 3.29. The van der Waals surface area contributed by atoms with Crippen LogP contribution in [0.4, 0.5) is 11.4 Å². The second-order valence-electron chi connectivity index (χ2n) is 8.68. The lowest BCUT2D eigenvalue weighted by Gasteiger charge is -2.13. The summed E-state index contributed by atoms with van der Waals surface area (Å²) in [6.07, 6.45) is 1.77. The number of non-ortho nitro benzene ring substituents is 1. The predicted octanol–water partition coefficient (Wildman–Crippen LogP) is 6.41. The number of nitrogens with zero attached hydrogens (tertiary/aromatic N) is 3. The number of rotatable bonds is 9. The molecule has 4 aromatic rings. The number of carbonyl (C=O) groups excluding carboxylic acids is 1. The fraction of sp³-hybridized carbons (Fsp3) is 0.0968. The number of ether oxygens (including phenoxy) is 2. The van der Waals surface area contributed by atoms with Gasteiger partial charge in [-0.3, -0.25) is 14.9 Å². The van der Waals surface area contributed by atoms with E-state index in [1.165, 1.54) is 29.3 Å². The Kier molecular flexibility index (Phi) is 7.45. The van der Waals surface area contributed by atoms with Crippen molar-refractivity contribution in [1.82, 2.24) is 0 Å². The SMILES string of the molecule is CCOc1cc(/C=C2/C(=O)N(c3ccc([N+](=O)[O-])cc3)N=C2c2ccccc2)ccc1OCc1ccccc1. The Labute approximate surface area is 225 Å². The zero-order valence-corrected chi connectivity index (χ0v) is 21.2. The third-order valence-corrected chi connectivity index (χ3v) is 6.05. The molecule has 39 heavy (non-hydrogen) atoms. The maximum absolute atomic E-state index is 13.6. The minimum atomic E-state index is -0.483. The molecule has 5 rings (SSSR count). The van der Waals surface area contributed by atoms with E-state index < -0.39 is 4.92 Å². The second kappa shape index (κ2) is 11.4. The quantitative estimate of drug-likeness (QED) is 0.145. The number of nitro benzene ring substituents is 1. The maximum Gasteiger partial charge on any atom is 0.281 e.